The molecule has 0 spiro atoms. The van der Waals surface area contributed by atoms with Gasteiger partial charge in [0, 0.05) is 28.2 Å². The highest BCUT2D eigenvalue weighted by atomic mass is 35.5. The first kappa shape index (κ1) is 16.9. The third-order valence-electron chi connectivity index (χ3n) is 4.57. The summed E-state index contributed by atoms with van der Waals surface area (Å²) >= 11 is 12.1. The van der Waals surface area contributed by atoms with E-state index < -0.39 is 0 Å². The van der Waals surface area contributed by atoms with E-state index in [0.29, 0.717) is 15.6 Å². The Morgan fingerprint density at radius 1 is 0.769 bits per heavy atom. The maximum Gasteiger partial charge on any atom is 0.259 e. The Kier molecular flexibility index (Phi) is 4.31. The van der Waals surface area contributed by atoms with Gasteiger partial charge in [-0.1, -0.05) is 65.7 Å². The van der Waals surface area contributed by atoms with Crippen LogP contribution in [-0.2, 0) is 4.79 Å². The van der Waals surface area contributed by atoms with Crippen molar-refractivity contribution >= 4 is 45.9 Å². The predicted molar refractivity (Wildman–Crippen MR) is 109 cm³/mol. The normalized spacial score (nSPS) is 13.1. The monoisotopic (exact) mass is 379 g/mol. The van der Waals surface area contributed by atoms with Gasteiger partial charge in [0.15, 0.2) is 0 Å². The number of hydrogen-bond donors (Lipinski definition) is 0. The number of fused-ring (bicyclic) bond motifs is 1. The minimum atomic E-state index is -0.0221. The van der Waals surface area contributed by atoms with Gasteiger partial charge in [0.2, 0.25) is 0 Å². The van der Waals surface area contributed by atoms with Gasteiger partial charge in [-0.3, -0.25) is 4.79 Å². The highest BCUT2D eigenvalue weighted by Crippen LogP contribution is 2.42. The number of carbonyl (C=O) groups is 1. The molecule has 3 aromatic rings. The summed E-state index contributed by atoms with van der Waals surface area (Å²) in [7, 11) is 1.80. The molecule has 0 atom stereocenters. The van der Waals surface area contributed by atoms with Gasteiger partial charge in [-0.25, -0.2) is 0 Å². The third-order valence-corrected chi connectivity index (χ3v) is 5.07. The molecule has 0 N–H and O–H groups in total. The van der Waals surface area contributed by atoms with Gasteiger partial charge in [-0.05, 0) is 41.5 Å². The standard InChI is InChI=1S/C22H15Cl2NO/c1-25-19-5-3-2-4-18(19)21(22(25)26)20(14-6-10-16(23)11-7-14)15-8-12-17(24)13-9-15/h2-13H,1H3. The smallest absolute Gasteiger partial charge is 0.259 e. The first-order chi connectivity index (χ1) is 12.6. The van der Waals surface area contributed by atoms with Gasteiger partial charge in [0.05, 0.1) is 11.3 Å². The van der Waals surface area contributed by atoms with Crippen molar-refractivity contribution in [2.24, 2.45) is 0 Å². The second-order valence-corrected chi connectivity index (χ2v) is 7.02. The molecule has 1 aliphatic heterocycles. The minimum absolute atomic E-state index is 0.0221. The Balaban J connectivity index is 2.05. The van der Waals surface area contributed by atoms with Crippen LogP contribution in [0.25, 0.3) is 11.1 Å². The van der Waals surface area contributed by atoms with E-state index >= 15 is 0 Å². The molecule has 0 fully saturated rings. The molecule has 0 radical (unpaired) electrons. The van der Waals surface area contributed by atoms with Gasteiger partial charge in [-0.2, -0.15) is 0 Å². The molecule has 1 aliphatic rings. The van der Waals surface area contributed by atoms with E-state index in [1.807, 2.05) is 72.8 Å². The average molecular weight is 380 g/mol. The van der Waals surface area contributed by atoms with Gasteiger partial charge in [-0.15, -0.1) is 0 Å². The van der Waals surface area contributed by atoms with E-state index in [9.17, 15) is 4.79 Å². The SMILES string of the molecule is CN1C(=O)C(=C(c2ccc(Cl)cc2)c2ccc(Cl)cc2)c2ccccc21. The maximum atomic E-state index is 13.1. The Morgan fingerprint density at radius 3 is 1.81 bits per heavy atom. The van der Waals surface area contributed by atoms with Gasteiger partial charge in [0.1, 0.15) is 0 Å². The lowest BCUT2D eigenvalue weighted by molar-refractivity contribution is -0.112. The number of likely N-dealkylation sites (N-methyl/N-ethyl adjacent to an activating group) is 1. The summed E-state index contributed by atoms with van der Waals surface area (Å²) in [6.07, 6.45) is 0. The van der Waals surface area contributed by atoms with Crippen molar-refractivity contribution in [3.8, 4) is 0 Å². The van der Waals surface area contributed by atoms with Crippen molar-refractivity contribution in [3.63, 3.8) is 0 Å². The molecular formula is C22H15Cl2NO. The van der Waals surface area contributed by atoms with Crippen molar-refractivity contribution < 1.29 is 4.79 Å². The molecular weight excluding hydrogens is 365 g/mol. The molecule has 26 heavy (non-hydrogen) atoms. The number of hydrogen-bond acceptors (Lipinski definition) is 1. The van der Waals surface area contributed by atoms with Crippen LogP contribution in [0.15, 0.2) is 72.8 Å². The molecule has 3 aromatic carbocycles. The Bertz CT molecular complexity index is 973. The zero-order valence-electron chi connectivity index (χ0n) is 14.0. The number of carbonyl (C=O) groups excluding carboxylic acids is 1. The van der Waals surface area contributed by atoms with Crippen molar-refractivity contribution in [1.29, 1.82) is 0 Å². The quantitative estimate of drug-likeness (QED) is 0.505. The lowest BCUT2D eigenvalue weighted by Crippen LogP contribution is -2.20. The Hall–Kier alpha value is -2.55. The molecule has 0 aliphatic carbocycles. The molecule has 128 valence electrons. The molecule has 1 heterocycles. The van der Waals surface area contributed by atoms with Crippen molar-refractivity contribution in [1.82, 2.24) is 0 Å². The lowest BCUT2D eigenvalue weighted by Gasteiger charge is -2.13. The summed E-state index contributed by atoms with van der Waals surface area (Å²) in [5.41, 5.74) is 5.27. The fourth-order valence-corrected chi connectivity index (χ4v) is 3.55. The van der Waals surface area contributed by atoms with Crippen molar-refractivity contribution in [2.45, 2.75) is 0 Å². The summed E-state index contributed by atoms with van der Waals surface area (Å²) in [6.45, 7) is 0. The molecule has 4 rings (SSSR count). The number of amides is 1. The van der Waals surface area contributed by atoms with Crippen LogP contribution >= 0.6 is 23.2 Å². The molecule has 0 saturated heterocycles. The summed E-state index contributed by atoms with van der Waals surface area (Å²) in [4.78, 5) is 14.8. The van der Waals surface area contributed by atoms with Crippen LogP contribution in [0.4, 0.5) is 5.69 Å². The Morgan fingerprint density at radius 2 is 1.27 bits per heavy atom. The molecule has 2 nitrogen and oxygen atoms in total. The van der Waals surface area contributed by atoms with Crippen molar-refractivity contribution in [2.75, 3.05) is 11.9 Å². The second kappa shape index (κ2) is 6.64. The molecule has 0 bridgehead atoms. The first-order valence-electron chi connectivity index (χ1n) is 8.20. The maximum absolute atomic E-state index is 13.1. The van der Waals surface area contributed by atoms with E-state index in [2.05, 4.69) is 0 Å². The minimum Gasteiger partial charge on any atom is -0.311 e. The first-order valence-corrected chi connectivity index (χ1v) is 8.95. The molecule has 0 aromatic heterocycles. The van der Waals surface area contributed by atoms with E-state index in [-0.39, 0.29) is 5.91 Å². The van der Waals surface area contributed by atoms with Crippen LogP contribution in [-0.4, -0.2) is 13.0 Å². The number of benzene rings is 3. The lowest BCUT2D eigenvalue weighted by atomic mass is 9.90. The summed E-state index contributed by atoms with van der Waals surface area (Å²) in [5, 5.41) is 1.31. The molecule has 0 unspecified atom stereocenters. The van der Waals surface area contributed by atoms with Gasteiger partial charge >= 0.3 is 0 Å². The third kappa shape index (κ3) is 2.82. The van der Waals surface area contributed by atoms with Crippen LogP contribution < -0.4 is 4.90 Å². The van der Waals surface area contributed by atoms with Gasteiger partial charge in [0.25, 0.3) is 5.91 Å². The van der Waals surface area contributed by atoms with E-state index in [1.54, 1.807) is 11.9 Å². The van der Waals surface area contributed by atoms with Crippen LogP contribution in [0.2, 0.25) is 10.0 Å². The van der Waals surface area contributed by atoms with Gasteiger partial charge < -0.3 is 4.90 Å². The fraction of sp³-hybridized carbons (Fsp3) is 0.0455. The summed E-state index contributed by atoms with van der Waals surface area (Å²) < 4.78 is 0. The highest BCUT2D eigenvalue weighted by Gasteiger charge is 2.32. The van der Waals surface area contributed by atoms with Crippen LogP contribution in [0.3, 0.4) is 0 Å². The molecule has 4 heteroatoms. The molecule has 1 amide bonds. The number of nitrogens with zero attached hydrogens (tertiary/aromatic N) is 1. The number of para-hydroxylation sites is 1. The number of halogens is 2. The Labute approximate surface area is 162 Å². The predicted octanol–water partition coefficient (Wildman–Crippen LogP) is 5.93. The van der Waals surface area contributed by atoms with Crippen LogP contribution in [0, 0.1) is 0 Å². The van der Waals surface area contributed by atoms with E-state index in [1.165, 1.54) is 0 Å². The largest absolute Gasteiger partial charge is 0.311 e. The zero-order valence-corrected chi connectivity index (χ0v) is 15.6. The van der Waals surface area contributed by atoms with E-state index in [0.717, 1.165) is 28.0 Å². The molecule has 0 saturated carbocycles. The summed E-state index contributed by atoms with van der Waals surface area (Å²) in [6, 6.07) is 22.9. The zero-order chi connectivity index (χ0) is 18.3. The number of anilines is 1. The van der Waals surface area contributed by atoms with Crippen molar-refractivity contribution in [3.05, 3.63) is 99.5 Å². The van der Waals surface area contributed by atoms with Crippen LogP contribution in [0.5, 0.6) is 0 Å². The average Bonchev–Trinajstić information content (AvgIpc) is 2.90. The topological polar surface area (TPSA) is 20.3 Å². The fourth-order valence-electron chi connectivity index (χ4n) is 3.30. The highest BCUT2D eigenvalue weighted by molar-refractivity contribution is 6.39. The summed E-state index contributed by atoms with van der Waals surface area (Å²) in [5.74, 6) is -0.0221. The number of rotatable bonds is 2. The second-order valence-electron chi connectivity index (χ2n) is 6.15. The van der Waals surface area contributed by atoms with E-state index in [4.69, 9.17) is 23.2 Å². The van der Waals surface area contributed by atoms with Crippen LogP contribution in [0.1, 0.15) is 16.7 Å².